The van der Waals surface area contributed by atoms with Crippen LogP contribution in [0.5, 0.6) is 0 Å². The lowest BCUT2D eigenvalue weighted by Gasteiger charge is -2.04. The molecule has 90 valence electrons. The van der Waals surface area contributed by atoms with Gasteiger partial charge in [0.15, 0.2) is 0 Å². The number of nitrogen functional groups attached to an aromatic ring is 1. The van der Waals surface area contributed by atoms with Gasteiger partial charge in [-0.25, -0.2) is 9.97 Å². The summed E-state index contributed by atoms with van der Waals surface area (Å²) in [5.41, 5.74) is 8.05. The Morgan fingerprint density at radius 2 is 2.06 bits per heavy atom. The summed E-state index contributed by atoms with van der Waals surface area (Å²) in [7, 11) is 0. The van der Waals surface area contributed by atoms with Gasteiger partial charge in [-0.1, -0.05) is 11.6 Å². The fourth-order valence-corrected chi connectivity index (χ4v) is 1.75. The summed E-state index contributed by atoms with van der Waals surface area (Å²) in [4.78, 5) is 8.01. The first-order chi connectivity index (χ1) is 8.00. The molecule has 2 aromatic heterocycles. The first-order valence-electron chi connectivity index (χ1n) is 5.32. The van der Waals surface area contributed by atoms with Crippen molar-refractivity contribution in [2.75, 3.05) is 5.73 Å². The number of rotatable bonds is 2. The summed E-state index contributed by atoms with van der Waals surface area (Å²) < 4.78 is 1.87. The highest BCUT2D eigenvalue weighted by Gasteiger charge is 2.15. The smallest absolute Gasteiger partial charge is 0.146 e. The van der Waals surface area contributed by atoms with E-state index in [-0.39, 0.29) is 5.82 Å². The third-order valence-electron chi connectivity index (χ3n) is 2.52. The van der Waals surface area contributed by atoms with E-state index in [1.807, 2.05) is 17.8 Å². The van der Waals surface area contributed by atoms with Crippen molar-refractivity contribution in [3.63, 3.8) is 0 Å². The number of nitrogens with zero attached hydrogens (tertiary/aromatic N) is 4. The van der Waals surface area contributed by atoms with Crippen LogP contribution >= 0.6 is 11.6 Å². The van der Waals surface area contributed by atoms with Crippen LogP contribution in [0.3, 0.4) is 0 Å². The molecule has 0 spiro atoms. The Morgan fingerprint density at radius 1 is 1.35 bits per heavy atom. The number of aromatic nitrogens is 4. The lowest BCUT2D eigenvalue weighted by Crippen LogP contribution is -2.00. The van der Waals surface area contributed by atoms with Gasteiger partial charge in [0.25, 0.3) is 0 Å². The van der Waals surface area contributed by atoms with Gasteiger partial charge in [-0.15, -0.1) is 0 Å². The average Bonchev–Trinajstić information content (AvgIpc) is 2.65. The Kier molecular flexibility index (Phi) is 3.02. The highest BCUT2D eigenvalue weighted by molar-refractivity contribution is 6.35. The highest BCUT2D eigenvalue weighted by atomic mass is 35.5. The van der Waals surface area contributed by atoms with Gasteiger partial charge < -0.3 is 5.73 Å². The SMILES string of the molecule is Cc1nn(C(C)C)cc1-c1ncnc(N)c1Cl. The van der Waals surface area contributed by atoms with E-state index < -0.39 is 0 Å². The maximum atomic E-state index is 6.10. The van der Waals surface area contributed by atoms with E-state index in [9.17, 15) is 0 Å². The molecule has 0 bridgehead atoms. The quantitative estimate of drug-likeness (QED) is 0.890. The summed E-state index contributed by atoms with van der Waals surface area (Å²) in [5, 5.41) is 4.79. The third kappa shape index (κ3) is 2.10. The molecule has 5 nitrogen and oxygen atoms in total. The van der Waals surface area contributed by atoms with Crippen molar-refractivity contribution in [2.45, 2.75) is 26.8 Å². The molecule has 6 heteroatoms. The highest BCUT2D eigenvalue weighted by Crippen LogP contribution is 2.30. The molecule has 0 unspecified atom stereocenters. The predicted molar refractivity (Wildman–Crippen MR) is 67.8 cm³/mol. The Balaban J connectivity index is 2.57. The molecule has 0 atom stereocenters. The Morgan fingerprint density at radius 3 is 2.65 bits per heavy atom. The maximum Gasteiger partial charge on any atom is 0.146 e. The topological polar surface area (TPSA) is 69.6 Å². The van der Waals surface area contributed by atoms with Crippen LogP contribution in [-0.4, -0.2) is 19.7 Å². The number of hydrogen-bond acceptors (Lipinski definition) is 4. The standard InChI is InChI=1S/C11H14ClN5/c1-6(2)17-4-8(7(3)16-17)10-9(12)11(13)15-5-14-10/h4-6H,1-3H3,(H2,13,14,15). The Hall–Kier alpha value is -1.62. The fourth-order valence-electron chi connectivity index (χ4n) is 1.55. The third-order valence-corrected chi connectivity index (χ3v) is 2.89. The van der Waals surface area contributed by atoms with Crippen LogP contribution in [-0.2, 0) is 0 Å². The number of hydrogen-bond donors (Lipinski definition) is 1. The van der Waals surface area contributed by atoms with Crippen molar-refractivity contribution < 1.29 is 0 Å². The van der Waals surface area contributed by atoms with E-state index in [0.717, 1.165) is 11.3 Å². The van der Waals surface area contributed by atoms with Crippen molar-refractivity contribution in [2.24, 2.45) is 0 Å². The number of aryl methyl sites for hydroxylation is 1. The molecule has 2 N–H and O–H groups in total. The van der Waals surface area contributed by atoms with Crippen LogP contribution < -0.4 is 5.73 Å². The molecular formula is C11H14ClN5. The molecule has 0 saturated carbocycles. The van der Waals surface area contributed by atoms with E-state index in [4.69, 9.17) is 17.3 Å². The second-order valence-corrected chi connectivity index (χ2v) is 4.50. The van der Waals surface area contributed by atoms with Crippen LogP contribution in [0.1, 0.15) is 25.6 Å². The minimum atomic E-state index is 0.286. The van der Waals surface area contributed by atoms with Crippen molar-refractivity contribution in [1.82, 2.24) is 19.7 Å². The second-order valence-electron chi connectivity index (χ2n) is 4.12. The molecule has 2 rings (SSSR count). The molecule has 2 aromatic rings. The molecule has 0 aromatic carbocycles. The van der Waals surface area contributed by atoms with Crippen molar-refractivity contribution in [3.8, 4) is 11.3 Å². The van der Waals surface area contributed by atoms with Gasteiger partial charge in [-0.05, 0) is 20.8 Å². The zero-order chi connectivity index (χ0) is 12.6. The van der Waals surface area contributed by atoms with Gasteiger partial charge in [0, 0.05) is 17.8 Å². The van der Waals surface area contributed by atoms with E-state index in [2.05, 4.69) is 28.9 Å². The van der Waals surface area contributed by atoms with Crippen LogP contribution in [0, 0.1) is 6.92 Å². The van der Waals surface area contributed by atoms with E-state index in [0.29, 0.717) is 16.8 Å². The molecule has 0 aliphatic heterocycles. The van der Waals surface area contributed by atoms with Gasteiger partial charge in [0.1, 0.15) is 17.2 Å². The Labute approximate surface area is 105 Å². The minimum Gasteiger partial charge on any atom is -0.382 e. The zero-order valence-electron chi connectivity index (χ0n) is 9.98. The molecule has 0 radical (unpaired) electrons. The van der Waals surface area contributed by atoms with Gasteiger partial charge in [0.05, 0.1) is 11.4 Å². The molecule has 0 aliphatic carbocycles. The predicted octanol–water partition coefficient (Wildman–Crippen LogP) is 2.47. The largest absolute Gasteiger partial charge is 0.382 e. The zero-order valence-corrected chi connectivity index (χ0v) is 10.7. The normalized spacial score (nSPS) is 11.1. The summed E-state index contributed by atoms with van der Waals surface area (Å²) in [5.74, 6) is 0.286. The molecule has 0 aliphatic rings. The van der Waals surface area contributed by atoms with Crippen molar-refractivity contribution in [3.05, 3.63) is 23.2 Å². The van der Waals surface area contributed by atoms with Gasteiger partial charge in [-0.3, -0.25) is 4.68 Å². The summed E-state index contributed by atoms with van der Waals surface area (Å²) in [6, 6.07) is 0.292. The van der Waals surface area contributed by atoms with Crippen LogP contribution in [0.25, 0.3) is 11.3 Å². The first kappa shape index (κ1) is 11.9. The number of anilines is 1. The molecular weight excluding hydrogens is 238 g/mol. The first-order valence-corrected chi connectivity index (χ1v) is 5.70. The van der Waals surface area contributed by atoms with Gasteiger partial charge >= 0.3 is 0 Å². The van der Waals surface area contributed by atoms with Crippen molar-refractivity contribution >= 4 is 17.4 Å². The Bertz CT molecular complexity index is 547. The fraction of sp³-hybridized carbons (Fsp3) is 0.364. The molecule has 17 heavy (non-hydrogen) atoms. The lowest BCUT2D eigenvalue weighted by molar-refractivity contribution is 0.529. The molecule has 0 fully saturated rings. The van der Waals surface area contributed by atoms with Gasteiger partial charge in [-0.2, -0.15) is 5.10 Å². The van der Waals surface area contributed by atoms with Gasteiger partial charge in [0.2, 0.25) is 0 Å². The van der Waals surface area contributed by atoms with E-state index in [1.165, 1.54) is 6.33 Å². The van der Waals surface area contributed by atoms with E-state index in [1.54, 1.807) is 0 Å². The second kappa shape index (κ2) is 4.33. The maximum absolute atomic E-state index is 6.10. The van der Waals surface area contributed by atoms with Crippen molar-refractivity contribution in [1.29, 1.82) is 0 Å². The summed E-state index contributed by atoms with van der Waals surface area (Å²) >= 11 is 6.10. The number of halogens is 1. The number of nitrogens with two attached hydrogens (primary N) is 1. The minimum absolute atomic E-state index is 0.286. The van der Waals surface area contributed by atoms with Crippen LogP contribution in [0.15, 0.2) is 12.5 Å². The summed E-state index contributed by atoms with van der Waals surface area (Å²) in [6.45, 7) is 6.04. The average molecular weight is 252 g/mol. The van der Waals surface area contributed by atoms with E-state index >= 15 is 0 Å². The summed E-state index contributed by atoms with van der Waals surface area (Å²) in [6.07, 6.45) is 3.33. The molecule has 2 heterocycles. The van der Waals surface area contributed by atoms with Crippen LogP contribution in [0.2, 0.25) is 5.02 Å². The monoisotopic (exact) mass is 251 g/mol. The lowest BCUT2D eigenvalue weighted by atomic mass is 10.2. The molecule has 0 saturated heterocycles. The molecule has 0 amide bonds. The van der Waals surface area contributed by atoms with Crippen LogP contribution in [0.4, 0.5) is 5.82 Å².